The quantitative estimate of drug-likeness (QED) is 0.918. The zero-order chi connectivity index (χ0) is 14.3. The number of hydrogen-bond acceptors (Lipinski definition) is 3. The van der Waals surface area contributed by atoms with E-state index in [0.29, 0.717) is 18.3 Å². The van der Waals surface area contributed by atoms with Gasteiger partial charge in [-0.05, 0) is 24.8 Å². The lowest BCUT2D eigenvalue weighted by molar-refractivity contribution is -0.116. The number of aliphatic hydroxyl groups excluding tert-OH is 1. The maximum absolute atomic E-state index is 11.2. The van der Waals surface area contributed by atoms with Crippen LogP contribution in [0, 0.1) is 5.92 Å². The van der Waals surface area contributed by atoms with Crippen LogP contribution < -0.4 is 4.74 Å². The molecule has 3 nitrogen and oxygen atoms in total. The first-order valence-electron chi connectivity index (χ1n) is 7.57. The molecule has 0 bridgehead atoms. The Labute approximate surface area is 120 Å². The summed E-state index contributed by atoms with van der Waals surface area (Å²) in [5.41, 5.74) is 2.37. The Morgan fingerprint density at radius 1 is 1.45 bits per heavy atom. The normalized spacial score (nSPS) is 30.8. The third-order valence-electron chi connectivity index (χ3n) is 4.80. The van der Waals surface area contributed by atoms with Gasteiger partial charge in [0.05, 0.1) is 6.10 Å². The molecule has 1 aromatic carbocycles. The molecule has 0 amide bonds. The fourth-order valence-corrected chi connectivity index (χ4v) is 3.82. The number of para-hydroxylation sites is 1. The number of fused-ring (bicyclic) bond motifs is 3. The van der Waals surface area contributed by atoms with Crippen LogP contribution in [0.2, 0.25) is 0 Å². The topological polar surface area (TPSA) is 46.5 Å². The van der Waals surface area contributed by atoms with Gasteiger partial charge in [-0.1, -0.05) is 31.5 Å². The number of ether oxygens (including phenoxy) is 1. The van der Waals surface area contributed by atoms with Gasteiger partial charge in [-0.25, -0.2) is 0 Å². The van der Waals surface area contributed by atoms with Crippen LogP contribution in [0.5, 0.6) is 5.75 Å². The van der Waals surface area contributed by atoms with Gasteiger partial charge in [0.25, 0.3) is 0 Å². The molecule has 108 valence electrons. The zero-order valence-corrected chi connectivity index (χ0v) is 12.1. The molecule has 0 aromatic heterocycles. The predicted molar refractivity (Wildman–Crippen MR) is 77.0 cm³/mol. The molecule has 1 N–H and O–H groups in total. The van der Waals surface area contributed by atoms with Gasteiger partial charge in [-0.2, -0.15) is 0 Å². The fraction of sp³-hybridized carbons (Fsp3) is 0.588. The highest BCUT2D eigenvalue weighted by molar-refractivity contribution is 5.75. The van der Waals surface area contributed by atoms with E-state index >= 15 is 0 Å². The van der Waals surface area contributed by atoms with E-state index in [1.807, 2.05) is 0 Å². The lowest BCUT2D eigenvalue weighted by atomic mass is 9.85. The van der Waals surface area contributed by atoms with Crippen molar-refractivity contribution in [3.05, 3.63) is 29.3 Å². The van der Waals surface area contributed by atoms with Gasteiger partial charge in [0.2, 0.25) is 0 Å². The summed E-state index contributed by atoms with van der Waals surface area (Å²) in [6.07, 6.45) is 2.88. The second-order valence-electron chi connectivity index (χ2n) is 6.09. The van der Waals surface area contributed by atoms with Crippen LogP contribution in [0.15, 0.2) is 18.2 Å². The average Bonchev–Trinajstić information content (AvgIpc) is 2.90. The van der Waals surface area contributed by atoms with E-state index in [2.05, 4.69) is 25.1 Å². The molecular formula is C17H22O3. The molecule has 1 aliphatic carbocycles. The van der Waals surface area contributed by atoms with Crippen LogP contribution in [0.4, 0.5) is 0 Å². The molecule has 1 saturated carbocycles. The van der Waals surface area contributed by atoms with Crippen molar-refractivity contribution in [2.24, 2.45) is 5.92 Å². The third-order valence-corrected chi connectivity index (χ3v) is 4.80. The first-order valence-corrected chi connectivity index (χ1v) is 7.57. The van der Waals surface area contributed by atoms with Crippen molar-refractivity contribution in [1.29, 1.82) is 0 Å². The van der Waals surface area contributed by atoms with Crippen molar-refractivity contribution in [1.82, 2.24) is 0 Å². The van der Waals surface area contributed by atoms with Gasteiger partial charge >= 0.3 is 0 Å². The highest BCUT2D eigenvalue weighted by atomic mass is 16.5. The van der Waals surface area contributed by atoms with Crippen LogP contribution in [0.3, 0.4) is 0 Å². The van der Waals surface area contributed by atoms with Crippen LogP contribution >= 0.6 is 0 Å². The van der Waals surface area contributed by atoms with Crippen LogP contribution in [-0.4, -0.2) is 23.1 Å². The van der Waals surface area contributed by atoms with Crippen LogP contribution in [0.25, 0.3) is 0 Å². The van der Waals surface area contributed by atoms with Gasteiger partial charge in [-0.3, -0.25) is 0 Å². The average molecular weight is 274 g/mol. The summed E-state index contributed by atoms with van der Waals surface area (Å²) < 4.78 is 6.13. The number of aliphatic hydroxyl groups is 1. The second-order valence-corrected chi connectivity index (χ2v) is 6.09. The SMILES string of the molecule is CC[C@@H]1[C@H]2c3cccc(CCC(C)=O)c3O[C@H]2C[C@H]1O. The molecule has 20 heavy (non-hydrogen) atoms. The maximum Gasteiger partial charge on any atom is 0.130 e. The Morgan fingerprint density at radius 3 is 2.95 bits per heavy atom. The molecule has 3 heteroatoms. The first kappa shape index (κ1) is 13.6. The smallest absolute Gasteiger partial charge is 0.130 e. The number of Topliss-reactive ketones (excluding diaryl/α,β-unsaturated/α-hetero) is 1. The molecule has 2 aliphatic rings. The number of carbonyl (C=O) groups is 1. The second kappa shape index (κ2) is 5.21. The van der Waals surface area contributed by atoms with Crippen LogP contribution in [0.1, 0.15) is 50.2 Å². The van der Waals surface area contributed by atoms with Crippen molar-refractivity contribution < 1.29 is 14.6 Å². The van der Waals surface area contributed by atoms with Gasteiger partial charge < -0.3 is 14.6 Å². The van der Waals surface area contributed by atoms with Crippen molar-refractivity contribution >= 4 is 5.78 Å². The molecule has 1 aliphatic heterocycles. The minimum absolute atomic E-state index is 0.114. The van der Waals surface area contributed by atoms with Crippen molar-refractivity contribution in [3.8, 4) is 5.75 Å². The summed E-state index contributed by atoms with van der Waals surface area (Å²) in [4.78, 5) is 11.2. The lowest BCUT2D eigenvalue weighted by Crippen LogP contribution is -2.17. The van der Waals surface area contributed by atoms with E-state index in [9.17, 15) is 9.90 Å². The van der Waals surface area contributed by atoms with Crippen molar-refractivity contribution in [2.75, 3.05) is 0 Å². The van der Waals surface area contributed by atoms with Gasteiger partial charge in [0, 0.05) is 24.3 Å². The standard InChI is InChI=1S/C17H22O3/c1-3-12-14(19)9-15-16(12)13-6-4-5-11(17(13)20-15)8-7-10(2)18/h4-6,12,14-16,19H,3,7-9H2,1-2H3/t12-,14+,15-,16-/m0/s1. The summed E-state index contributed by atoms with van der Waals surface area (Å²) in [5, 5.41) is 10.1. The Kier molecular flexibility index (Phi) is 3.55. The van der Waals surface area contributed by atoms with Crippen molar-refractivity contribution in [3.63, 3.8) is 0 Å². The van der Waals surface area contributed by atoms with E-state index in [0.717, 1.165) is 30.6 Å². The minimum atomic E-state index is -0.246. The molecule has 3 rings (SSSR count). The summed E-state index contributed by atoms with van der Waals surface area (Å²) in [7, 11) is 0. The Hall–Kier alpha value is -1.35. The maximum atomic E-state index is 11.2. The largest absolute Gasteiger partial charge is 0.489 e. The van der Waals surface area contributed by atoms with Crippen molar-refractivity contribution in [2.45, 2.75) is 57.7 Å². The molecular weight excluding hydrogens is 252 g/mol. The minimum Gasteiger partial charge on any atom is -0.489 e. The number of ketones is 1. The highest BCUT2D eigenvalue weighted by Crippen LogP contribution is 2.52. The van der Waals surface area contributed by atoms with E-state index in [-0.39, 0.29) is 18.0 Å². The Balaban J connectivity index is 1.90. The first-order chi connectivity index (χ1) is 9.61. The molecule has 1 fully saturated rings. The molecule has 0 unspecified atom stereocenters. The molecule has 0 saturated heterocycles. The fourth-order valence-electron chi connectivity index (χ4n) is 3.82. The van der Waals surface area contributed by atoms with Gasteiger partial charge in [0.1, 0.15) is 17.6 Å². The Morgan fingerprint density at radius 2 is 2.25 bits per heavy atom. The van der Waals surface area contributed by atoms with E-state index < -0.39 is 0 Å². The number of hydrogen-bond donors (Lipinski definition) is 1. The summed E-state index contributed by atoms with van der Waals surface area (Å²) in [5.74, 6) is 1.81. The number of aryl methyl sites for hydroxylation is 1. The monoisotopic (exact) mass is 274 g/mol. The van der Waals surface area contributed by atoms with Gasteiger partial charge in [0.15, 0.2) is 0 Å². The molecule has 1 aromatic rings. The molecule has 4 atom stereocenters. The summed E-state index contributed by atoms with van der Waals surface area (Å²) in [6, 6.07) is 6.23. The van der Waals surface area contributed by atoms with E-state index in [1.54, 1.807) is 6.92 Å². The van der Waals surface area contributed by atoms with Gasteiger partial charge in [-0.15, -0.1) is 0 Å². The summed E-state index contributed by atoms with van der Waals surface area (Å²) >= 11 is 0. The summed E-state index contributed by atoms with van der Waals surface area (Å²) in [6.45, 7) is 3.76. The Bertz CT molecular complexity index is 523. The van der Waals surface area contributed by atoms with E-state index in [4.69, 9.17) is 4.74 Å². The zero-order valence-electron chi connectivity index (χ0n) is 12.1. The lowest BCUT2D eigenvalue weighted by Gasteiger charge is -2.18. The highest BCUT2D eigenvalue weighted by Gasteiger charge is 2.48. The number of carbonyl (C=O) groups excluding carboxylic acids is 1. The molecule has 0 spiro atoms. The predicted octanol–water partition coefficient (Wildman–Crippen LogP) is 2.84. The molecule has 1 heterocycles. The number of rotatable bonds is 4. The molecule has 0 radical (unpaired) electrons. The van der Waals surface area contributed by atoms with E-state index in [1.165, 1.54) is 5.56 Å². The van der Waals surface area contributed by atoms with Crippen LogP contribution in [-0.2, 0) is 11.2 Å². The number of benzene rings is 1. The third kappa shape index (κ3) is 2.14.